The Hall–Kier alpha value is -3.70. The molecule has 0 radical (unpaired) electrons. The first-order valence-electron chi connectivity index (χ1n) is 11.5. The van der Waals surface area contributed by atoms with E-state index in [1.54, 1.807) is 11.0 Å². The fourth-order valence-electron chi connectivity index (χ4n) is 4.39. The maximum Gasteiger partial charge on any atom is 0.352 e. The summed E-state index contributed by atoms with van der Waals surface area (Å²) in [5.74, 6) is -2.24. The number of nitrogen functional groups attached to an aromatic ring is 1. The number of β-lactam (4-membered cyclic amide) rings is 1. The molecule has 2 atom stereocenters. The van der Waals surface area contributed by atoms with Crippen molar-refractivity contribution in [3.8, 4) is 0 Å². The molecule has 15 nitrogen and oxygen atoms in total. The summed E-state index contributed by atoms with van der Waals surface area (Å²) in [6, 6.07) is -1.39. The minimum atomic E-state index is -1.23. The minimum absolute atomic E-state index is 0.0438. The number of quaternary nitrogens is 1. The van der Waals surface area contributed by atoms with E-state index in [2.05, 4.69) is 26.9 Å². The number of thioether (sulfide) groups is 1. The summed E-state index contributed by atoms with van der Waals surface area (Å²) in [5.41, 5.74) is 11.1. The first kappa shape index (κ1) is 27.3. The summed E-state index contributed by atoms with van der Waals surface area (Å²) in [7, 11) is 3.31. The van der Waals surface area contributed by atoms with Gasteiger partial charge in [0.05, 0.1) is 39.8 Å². The third-order valence-electron chi connectivity index (χ3n) is 6.53. The number of allylic oxidation sites excluding steroid dienone is 1. The number of carboxylic acid groups (broad SMARTS) is 1. The highest BCUT2D eigenvalue weighted by Gasteiger charge is 2.54. The highest BCUT2D eigenvalue weighted by Crippen LogP contribution is 2.40. The summed E-state index contributed by atoms with van der Waals surface area (Å²) in [4.78, 5) is 60.8. The van der Waals surface area contributed by atoms with Crippen LogP contribution in [0.4, 0.5) is 9.93 Å². The predicted molar refractivity (Wildman–Crippen MR) is 139 cm³/mol. The van der Waals surface area contributed by atoms with Crippen molar-refractivity contribution >= 4 is 58.0 Å². The molecule has 204 valence electrons. The van der Waals surface area contributed by atoms with Gasteiger partial charge in [0.2, 0.25) is 11.5 Å². The SMILES string of the molecule is CO/N=C(\C(=O)N[C@@H]1C(=O)N2C(C(=O)O)=C(/C=C/C[N+]3(C)CCN(C(N)=O)CC3)CS[C@H]12)c1nsc(N)n1. The maximum atomic E-state index is 13.0. The number of urea groups is 1. The summed E-state index contributed by atoms with van der Waals surface area (Å²) in [6.45, 7) is 3.17. The first-order chi connectivity index (χ1) is 18.0. The second kappa shape index (κ2) is 11.0. The zero-order chi connectivity index (χ0) is 27.6. The third-order valence-corrected chi connectivity index (χ3v) is 8.38. The second-order valence-corrected chi connectivity index (χ2v) is 11.0. The van der Waals surface area contributed by atoms with Crippen LogP contribution in [0.5, 0.6) is 0 Å². The number of rotatable bonds is 8. The number of anilines is 1. The Morgan fingerprint density at radius 3 is 2.63 bits per heavy atom. The standard InChI is InChI=1S/C21H27N9O6S2/c1-30(8-5-28(6-9-30)21(23)35)7-3-4-11-10-37-18-13(17(32)29(18)14(11)19(33)34)24-16(31)12(26-36-2)15-25-20(22)38-27-15/h3-4,13,18H,5-10H2,1-2H3,(H5-,22,23,24,25,27,31,33,34,35)/p+1/b4-3+,26-12-/t13-,18-/m1/s1. The Labute approximate surface area is 225 Å². The van der Waals surface area contributed by atoms with E-state index in [4.69, 9.17) is 16.3 Å². The molecular weight excluding hydrogens is 538 g/mol. The van der Waals surface area contributed by atoms with Gasteiger partial charge >= 0.3 is 12.0 Å². The number of carbonyl (C=O) groups excluding carboxylic acids is 3. The number of nitrogens with two attached hydrogens (primary N) is 2. The van der Waals surface area contributed by atoms with Gasteiger partial charge < -0.3 is 36.1 Å². The lowest BCUT2D eigenvalue weighted by atomic mass is 10.0. The van der Waals surface area contributed by atoms with Gasteiger partial charge in [-0.15, -0.1) is 11.8 Å². The van der Waals surface area contributed by atoms with Gasteiger partial charge in [-0.1, -0.05) is 11.2 Å². The van der Waals surface area contributed by atoms with Crippen LogP contribution in [0.15, 0.2) is 28.6 Å². The monoisotopic (exact) mass is 566 g/mol. The number of aliphatic carboxylic acids is 1. The van der Waals surface area contributed by atoms with Crippen molar-refractivity contribution in [1.29, 1.82) is 0 Å². The Balaban J connectivity index is 1.44. The van der Waals surface area contributed by atoms with Gasteiger partial charge in [-0.05, 0) is 11.6 Å². The molecule has 38 heavy (non-hydrogen) atoms. The molecule has 0 aliphatic carbocycles. The molecule has 0 spiro atoms. The molecule has 3 aliphatic heterocycles. The minimum Gasteiger partial charge on any atom is -0.477 e. The normalized spacial score (nSPS) is 23.2. The highest BCUT2D eigenvalue weighted by molar-refractivity contribution is 8.00. The third kappa shape index (κ3) is 5.44. The van der Waals surface area contributed by atoms with Crippen molar-refractivity contribution in [2.45, 2.75) is 11.4 Å². The summed E-state index contributed by atoms with van der Waals surface area (Å²) >= 11 is 2.22. The molecule has 1 aromatic heterocycles. The van der Waals surface area contributed by atoms with Gasteiger partial charge in [-0.25, -0.2) is 9.59 Å². The van der Waals surface area contributed by atoms with Crippen LogP contribution in [0.25, 0.3) is 0 Å². The Morgan fingerprint density at radius 1 is 1.34 bits per heavy atom. The number of fused-ring (bicyclic) bond motifs is 1. The molecule has 1 aromatic rings. The van der Waals surface area contributed by atoms with Crippen LogP contribution in [0.2, 0.25) is 0 Å². The number of aromatic nitrogens is 2. The zero-order valence-corrected chi connectivity index (χ0v) is 22.3. The molecule has 2 fully saturated rings. The molecule has 0 bridgehead atoms. The van der Waals surface area contributed by atoms with E-state index in [1.165, 1.54) is 23.8 Å². The highest BCUT2D eigenvalue weighted by atomic mass is 32.2. The number of nitrogens with zero attached hydrogens (tertiary/aromatic N) is 6. The van der Waals surface area contributed by atoms with Gasteiger partial charge in [-0.2, -0.15) is 9.36 Å². The molecule has 4 amide bonds. The Kier molecular flexibility index (Phi) is 7.89. The number of primary amides is 1. The lowest BCUT2D eigenvalue weighted by molar-refractivity contribution is -0.907. The smallest absolute Gasteiger partial charge is 0.352 e. The Bertz CT molecular complexity index is 1240. The number of carboxylic acids is 1. The van der Waals surface area contributed by atoms with Crippen molar-refractivity contribution in [3.05, 3.63) is 29.2 Å². The summed E-state index contributed by atoms with van der Waals surface area (Å²) < 4.78 is 4.62. The largest absolute Gasteiger partial charge is 0.477 e. The van der Waals surface area contributed by atoms with E-state index < -0.39 is 35.2 Å². The molecular formula is C21H28N9O6S2+. The number of carbonyl (C=O) groups is 4. The van der Waals surface area contributed by atoms with Crippen LogP contribution in [0.1, 0.15) is 5.82 Å². The zero-order valence-electron chi connectivity index (χ0n) is 20.7. The lowest BCUT2D eigenvalue weighted by Gasteiger charge is -2.49. The van der Waals surface area contributed by atoms with Crippen molar-refractivity contribution in [2.24, 2.45) is 10.9 Å². The molecule has 3 aliphatic rings. The molecule has 2 saturated heterocycles. The first-order valence-corrected chi connectivity index (χ1v) is 13.3. The van der Waals surface area contributed by atoms with Crippen molar-refractivity contribution in [3.63, 3.8) is 0 Å². The van der Waals surface area contributed by atoms with Crippen LogP contribution in [-0.2, 0) is 19.2 Å². The summed E-state index contributed by atoms with van der Waals surface area (Å²) in [5, 5.41) is 15.7. The maximum absolute atomic E-state index is 13.0. The van der Waals surface area contributed by atoms with Crippen LogP contribution in [0.3, 0.4) is 0 Å². The molecule has 0 unspecified atom stereocenters. The van der Waals surface area contributed by atoms with E-state index in [0.29, 0.717) is 35.4 Å². The molecule has 0 saturated carbocycles. The molecule has 4 heterocycles. The van der Waals surface area contributed by atoms with Gasteiger partial charge in [0.15, 0.2) is 5.13 Å². The number of piperazine rings is 1. The quantitative estimate of drug-likeness (QED) is 0.125. The van der Waals surface area contributed by atoms with E-state index in [9.17, 15) is 24.3 Å². The number of nitrogens with one attached hydrogen (secondary N) is 1. The van der Waals surface area contributed by atoms with E-state index in [-0.39, 0.29) is 22.4 Å². The topological polar surface area (TPSA) is 206 Å². The lowest BCUT2D eigenvalue weighted by Crippen LogP contribution is -2.71. The van der Waals surface area contributed by atoms with Crippen LogP contribution < -0.4 is 16.8 Å². The summed E-state index contributed by atoms with van der Waals surface area (Å²) in [6.07, 6.45) is 3.63. The Morgan fingerprint density at radius 2 is 2.05 bits per heavy atom. The van der Waals surface area contributed by atoms with Gasteiger partial charge in [0.25, 0.3) is 11.8 Å². The van der Waals surface area contributed by atoms with Gasteiger partial charge in [-0.3, -0.25) is 14.5 Å². The fourth-order valence-corrected chi connectivity index (χ4v) is 6.14. The van der Waals surface area contributed by atoms with Crippen molar-refractivity contribution in [2.75, 3.05) is 58.4 Å². The molecule has 4 rings (SSSR count). The van der Waals surface area contributed by atoms with Crippen LogP contribution in [0, 0.1) is 0 Å². The fraction of sp³-hybridized carbons (Fsp3) is 0.476. The number of hydrogen-bond acceptors (Lipinski definition) is 11. The van der Waals surface area contributed by atoms with E-state index in [1.807, 2.05) is 6.08 Å². The van der Waals surface area contributed by atoms with Gasteiger partial charge in [0.1, 0.15) is 24.2 Å². The number of likely N-dealkylation sites (N-methyl/N-ethyl adjacent to an activating group) is 1. The molecule has 17 heteroatoms. The predicted octanol–water partition coefficient (Wildman–Crippen LogP) is -1.39. The average Bonchev–Trinajstić information content (AvgIpc) is 3.30. The second-order valence-electron chi connectivity index (χ2n) is 9.10. The molecule has 6 N–H and O–H groups in total. The average molecular weight is 567 g/mol. The number of amides is 4. The molecule has 0 aromatic carbocycles. The van der Waals surface area contributed by atoms with Crippen LogP contribution >= 0.6 is 23.3 Å². The van der Waals surface area contributed by atoms with Crippen molar-refractivity contribution in [1.82, 2.24) is 24.5 Å². The number of oxime groups is 1. The van der Waals surface area contributed by atoms with E-state index in [0.717, 1.165) is 24.6 Å². The van der Waals surface area contributed by atoms with Crippen molar-refractivity contribution < 1.29 is 33.6 Å². The number of hydrogen-bond donors (Lipinski definition) is 4. The van der Waals surface area contributed by atoms with E-state index >= 15 is 0 Å². The van der Waals surface area contributed by atoms with Crippen LogP contribution in [-0.4, -0.2) is 122 Å². The van der Waals surface area contributed by atoms with Gasteiger partial charge in [0, 0.05) is 17.3 Å².